The molecule has 8 rings (SSSR count). The number of benzene rings is 1. The number of fused-ring (bicyclic) bond motifs is 1. The summed E-state index contributed by atoms with van der Waals surface area (Å²) in [7, 11) is 0. The van der Waals surface area contributed by atoms with Gasteiger partial charge in [0, 0.05) is 5.54 Å². The zero-order chi connectivity index (χ0) is 22.9. The van der Waals surface area contributed by atoms with Crippen LogP contribution in [-0.4, -0.2) is 26.8 Å². The Balaban J connectivity index is 1.18. The number of thioether (sulfide) groups is 1. The summed E-state index contributed by atoms with van der Waals surface area (Å²) in [5.41, 5.74) is 1.95. The van der Waals surface area contributed by atoms with E-state index in [2.05, 4.69) is 10.7 Å². The summed E-state index contributed by atoms with van der Waals surface area (Å²) in [5.74, 6) is 3.25. The van der Waals surface area contributed by atoms with E-state index >= 15 is 0 Å². The molecule has 2 aromatic heterocycles. The average Bonchev–Trinajstić information content (AvgIpc) is 3.56. The lowest BCUT2D eigenvalue weighted by molar-refractivity contribution is -0.124. The van der Waals surface area contributed by atoms with Gasteiger partial charge in [0.25, 0.3) is 5.56 Å². The lowest BCUT2D eigenvalue weighted by Gasteiger charge is -2.56. The van der Waals surface area contributed by atoms with Crippen molar-refractivity contribution in [2.75, 3.05) is 5.75 Å². The van der Waals surface area contributed by atoms with Gasteiger partial charge in [0.1, 0.15) is 4.83 Å². The van der Waals surface area contributed by atoms with Crippen molar-refractivity contribution >= 4 is 39.2 Å². The Hall–Kier alpha value is -2.12. The summed E-state index contributed by atoms with van der Waals surface area (Å²) in [6.45, 7) is 0. The van der Waals surface area contributed by atoms with E-state index in [4.69, 9.17) is 4.98 Å². The molecule has 2 heterocycles. The fraction of sp³-hybridized carbons (Fsp3) is 0.519. The van der Waals surface area contributed by atoms with E-state index in [1.807, 2.05) is 30.3 Å². The summed E-state index contributed by atoms with van der Waals surface area (Å²) in [4.78, 5) is 32.6. The molecule has 0 atom stereocenters. The fourth-order valence-corrected chi connectivity index (χ4v) is 9.19. The minimum Gasteiger partial charge on any atom is -0.350 e. The highest BCUT2D eigenvalue weighted by atomic mass is 32.2. The molecule has 7 heteroatoms. The lowest BCUT2D eigenvalue weighted by atomic mass is 9.53. The van der Waals surface area contributed by atoms with Crippen molar-refractivity contribution in [3.63, 3.8) is 0 Å². The third kappa shape index (κ3) is 3.63. The van der Waals surface area contributed by atoms with Crippen molar-refractivity contribution in [2.24, 2.45) is 17.8 Å². The number of nitrogens with one attached hydrogen (secondary N) is 1. The van der Waals surface area contributed by atoms with E-state index in [0.29, 0.717) is 11.1 Å². The highest BCUT2D eigenvalue weighted by molar-refractivity contribution is 7.99. The van der Waals surface area contributed by atoms with E-state index < -0.39 is 0 Å². The Morgan fingerprint density at radius 3 is 2.41 bits per heavy atom. The van der Waals surface area contributed by atoms with Crippen LogP contribution >= 0.6 is 23.1 Å². The molecule has 4 bridgehead atoms. The number of amides is 1. The van der Waals surface area contributed by atoms with Crippen LogP contribution in [0.2, 0.25) is 0 Å². The zero-order valence-corrected chi connectivity index (χ0v) is 20.8. The molecule has 1 N–H and O–H groups in total. The molecule has 176 valence electrons. The molecule has 5 fully saturated rings. The molecule has 5 saturated carbocycles. The number of para-hydroxylation sites is 1. The molecule has 0 spiro atoms. The van der Waals surface area contributed by atoms with Crippen molar-refractivity contribution in [3.05, 3.63) is 51.6 Å². The lowest BCUT2D eigenvalue weighted by Crippen LogP contribution is -2.60. The first-order chi connectivity index (χ1) is 16.6. The summed E-state index contributed by atoms with van der Waals surface area (Å²) >= 11 is 2.94. The van der Waals surface area contributed by atoms with Crippen LogP contribution in [0.3, 0.4) is 0 Å². The minimum atomic E-state index is -0.0108. The maximum Gasteiger partial charge on any atom is 0.267 e. The zero-order valence-electron chi connectivity index (χ0n) is 19.2. The molecular formula is C27H29N3O2S2. The molecule has 3 aromatic rings. The number of hydrogen-bond donors (Lipinski definition) is 1. The van der Waals surface area contributed by atoms with Gasteiger partial charge in [-0.25, -0.2) is 4.98 Å². The molecule has 5 aliphatic carbocycles. The normalized spacial score (nSPS) is 29.6. The van der Waals surface area contributed by atoms with Gasteiger partial charge in [0.15, 0.2) is 5.16 Å². The Morgan fingerprint density at radius 1 is 1.09 bits per heavy atom. The van der Waals surface area contributed by atoms with Crippen LogP contribution in [-0.2, 0) is 4.79 Å². The largest absolute Gasteiger partial charge is 0.350 e. The van der Waals surface area contributed by atoms with Gasteiger partial charge in [0.05, 0.1) is 16.8 Å². The third-order valence-corrected chi connectivity index (χ3v) is 10.2. The molecule has 0 radical (unpaired) electrons. The van der Waals surface area contributed by atoms with Gasteiger partial charge in [-0.3, -0.25) is 14.2 Å². The third-order valence-electron chi connectivity index (χ3n) is 8.41. The highest BCUT2D eigenvalue weighted by Crippen LogP contribution is 2.55. The average molecular weight is 492 g/mol. The maximum atomic E-state index is 13.7. The van der Waals surface area contributed by atoms with Crippen molar-refractivity contribution in [1.29, 1.82) is 0 Å². The van der Waals surface area contributed by atoms with Crippen molar-refractivity contribution in [2.45, 2.75) is 68.0 Å². The van der Waals surface area contributed by atoms with Crippen molar-refractivity contribution in [1.82, 2.24) is 14.9 Å². The second-order valence-electron chi connectivity index (χ2n) is 11.1. The van der Waals surface area contributed by atoms with E-state index in [9.17, 15) is 9.59 Å². The van der Waals surface area contributed by atoms with Crippen LogP contribution in [0.5, 0.6) is 0 Å². The van der Waals surface area contributed by atoms with Gasteiger partial charge in [-0.05, 0) is 98.1 Å². The van der Waals surface area contributed by atoms with Gasteiger partial charge in [-0.2, -0.15) is 0 Å². The molecule has 5 aliphatic rings. The number of carbonyl (C=O) groups excluding carboxylic acids is 1. The summed E-state index contributed by atoms with van der Waals surface area (Å²) in [6.07, 6.45) is 9.83. The van der Waals surface area contributed by atoms with Crippen LogP contribution in [0.25, 0.3) is 15.9 Å². The Labute approximate surface area is 207 Å². The second-order valence-corrected chi connectivity index (χ2v) is 12.9. The molecule has 5 nitrogen and oxygen atoms in total. The Bertz CT molecular complexity index is 1290. The monoisotopic (exact) mass is 491 g/mol. The summed E-state index contributed by atoms with van der Waals surface area (Å²) in [5, 5.41) is 6.94. The molecule has 0 unspecified atom stereocenters. The van der Waals surface area contributed by atoms with Crippen LogP contribution in [0.4, 0.5) is 0 Å². The van der Waals surface area contributed by atoms with Gasteiger partial charge >= 0.3 is 0 Å². The number of carbonyl (C=O) groups is 1. The van der Waals surface area contributed by atoms with E-state index in [-0.39, 0.29) is 22.8 Å². The van der Waals surface area contributed by atoms with Crippen LogP contribution in [0.1, 0.15) is 62.8 Å². The number of nitrogens with zero attached hydrogens (tertiary/aromatic N) is 2. The number of hydrogen-bond acceptors (Lipinski definition) is 5. The first-order valence-corrected chi connectivity index (χ1v) is 14.5. The Morgan fingerprint density at radius 2 is 1.76 bits per heavy atom. The number of rotatable bonds is 6. The SMILES string of the molecule is O=C(CSc1nc2scc(C3CC3)c2c(=O)n1-c1ccccc1)NC12CC3CC(CC(C3)C1)C2. The smallest absolute Gasteiger partial charge is 0.267 e. The number of thiophene rings is 1. The van der Waals surface area contributed by atoms with E-state index in [1.165, 1.54) is 31.0 Å². The van der Waals surface area contributed by atoms with E-state index in [1.54, 1.807) is 15.9 Å². The van der Waals surface area contributed by atoms with Crippen LogP contribution < -0.4 is 10.9 Å². The van der Waals surface area contributed by atoms with Crippen LogP contribution in [0.15, 0.2) is 45.7 Å². The predicted molar refractivity (Wildman–Crippen MR) is 137 cm³/mol. The van der Waals surface area contributed by atoms with Gasteiger partial charge in [-0.1, -0.05) is 30.0 Å². The summed E-state index contributed by atoms with van der Waals surface area (Å²) in [6, 6.07) is 9.72. The predicted octanol–water partition coefficient (Wildman–Crippen LogP) is 5.50. The van der Waals surface area contributed by atoms with E-state index in [0.717, 1.165) is 71.3 Å². The standard InChI is InChI=1S/C27H29N3O2S2/c31-22(29-27-11-16-8-17(12-27)10-18(9-16)13-27)15-34-26-28-24-23(21(14-33-24)19-6-7-19)25(32)30(26)20-4-2-1-3-5-20/h1-5,14,16-19H,6-13,15H2,(H,29,31). The van der Waals surface area contributed by atoms with Gasteiger partial charge in [-0.15, -0.1) is 11.3 Å². The second kappa shape index (κ2) is 7.95. The van der Waals surface area contributed by atoms with Gasteiger partial charge in [0.2, 0.25) is 5.91 Å². The molecule has 1 aromatic carbocycles. The van der Waals surface area contributed by atoms with Crippen molar-refractivity contribution in [3.8, 4) is 5.69 Å². The molecule has 34 heavy (non-hydrogen) atoms. The topological polar surface area (TPSA) is 64.0 Å². The molecule has 0 saturated heterocycles. The number of aromatic nitrogens is 2. The summed E-state index contributed by atoms with van der Waals surface area (Å²) < 4.78 is 1.71. The molecule has 1 amide bonds. The molecule has 0 aliphatic heterocycles. The minimum absolute atomic E-state index is 0.00971. The first-order valence-electron chi connectivity index (χ1n) is 12.6. The quantitative estimate of drug-likeness (QED) is 0.365. The highest BCUT2D eigenvalue weighted by Gasteiger charge is 2.51. The first kappa shape index (κ1) is 21.2. The van der Waals surface area contributed by atoms with Crippen molar-refractivity contribution < 1.29 is 4.79 Å². The van der Waals surface area contributed by atoms with Gasteiger partial charge < -0.3 is 5.32 Å². The fourth-order valence-electron chi connectivity index (χ4n) is 7.32. The maximum absolute atomic E-state index is 13.7. The van der Waals surface area contributed by atoms with Crippen LogP contribution in [0, 0.1) is 17.8 Å². The Kier molecular flexibility index (Phi) is 4.96. The molecular weight excluding hydrogens is 462 g/mol.